The van der Waals surface area contributed by atoms with E-state index in [9.17, 15) is 18.5 Å². The van der Waals surface area contributed by atoms with E-state index in [1.54, 1.807) is 12.1 Å². The van der Waals surface area contributed by atoms with Gasteiger partial charge in [0.25, 0.3) is 10.0 Å². The highest BCUT2D eigenvalue weighted by Crippen LogP contribution is 2.32. The third kappa shape index (κ3) is 4.53. The van der Waals surface area contributed by atoms with Crippen LogP contribution in [0.15, 0.2) is 35.2 Å². The highest BCUT2D eigenvalue weighted by Gasteiger charge is 2.22. The molecule has 0 aliphatic rings. The molecular weight excluding hydrogens is 380 g/mol. The van der Waals surface area contributed by atoms with Crippen molar-refractivity contribution in [3.63, 3.8) is 0 Å². The average molecular weight is 402 g/mol. The Kier molecular flexibility index (Phi) is 6.16. The minimum absolute atomic E-state index is 0.113. The molecule has 0 aliphatic heterocycles. The van der Waals surface area contributed by atoms with Gasteiger partial charge in [0.15, 0.2) is 0 Å². The van der Waals surface area contributed by atoms with Gasteiger partial charge in [0.1, 0.15) is 16.7 Å². The van der Waals surface area contributed by atoms with Gasteiger partial charge in [-0.2, -0.15) is 5.26 Å². The zero-order valence-corrected chi connectivity index (χ0v) is 17.1. The first-order chi connectivity index (χ1) is 13.1. The minimum Gasteiger partial charge on any atom is -0.495 e. The quantitative estimate of drug-likeness (QED) is 0.768. The van der Waals surface area contributed by atoms with Gasteiger partial charge in [-0.05, 0) is 42.8 Å². The fraction of sp³-hybridized carbons (Fsp3) is 0.263. The summed E-state index contributed by atoms with van der Waals surface area (Å²) in [6, 6.07) is 9.53. The molecular formula is C19H22N4O4S. The van der Waals surface area contributed by atoms with Crippen LogP contribution < -0.4 is 19.7 Å². The van der Waals surface area contributed by atoms with E-state index in [1.165, 1.54) is 32.2 Å². The number of aryl methyl sites for hydroxylation is 1. The number of carbonyl (C=O) groups excluding carboxylic acids is 1. The summed E-state index contributed by atoms with van der Waals surface area (Å²) in [7, 11) is 0.941. The lowest BCUT2D eigenvalue weighted by Crippen LogP contribution is -2.17. The molecule has 0 spiro atoms. The zero-order valence-electron chi connectivity index (χ0n) is 16.3. The first-order valence-corrected chi connectivity index (χ1v) is 9.78. The summed E-state index contributed by atoms with van der Waals surface area (Å²) >= 11 is 0. The lowest BCUT2D eigenvalue weighted by Gasteiger charge is -2.19. The van der Waals surface area contributed by atoms with Crippen molar-refractivity contribution < 1.29 is 17.9 Å². The molecule has 0 bridgehead atoms. The van der Waals surface area contributed by atoms with Gasteiger partial charge in [0.2, 0.25) is 5.91 Å². The summed E-state index contributed by atoms with van der Waals surface area (Å²) in [5.74, 6) is -0.218. The van der Waals surface area contributed by atoms with Crippen molar-refractivity contribution in [2.75, 3.05) is 36.1 Å². The van der Waals surface area contributed by atoms with Crippen LogP contribution in [-0.4, -0.2) is 35.5 Å². The van der Waals surface area contributed by atoms with E-state index in [0.29, 0.717) is 5.69 Å². The van der Waals surface area contributed by atoms with E-state index in [0.717, 1.165) is 11.3 Å². The molecule has 2 rings (SSSR count). The van der Waals surface area contributed by atoms with E-state index in [2.05, 4.69) is 10.0 Å². The maximum absolute atomic E-state index is 13.0. The van der Waals surface area contributed by atoms with Crippen molar-refractivity contribution in [3.05, 3.63) is 41.5 Å². The fourth-order valence-electron chi connectivity index (χ4n) is 2.72. The van der Waals surface area contributed by atoms with Crippen molar-refractivity contribution in [3.8, 4) is 11.8 Å². The normalized spacial score (nSPS) is 10.7. The minimum atomic E-state index is -4.09. The molecule has 2 aromatic rings. The topological polar surface area (TPSA) is 112 Å². The SMILES string of the molecule is COc1ccc(NC(C)=O)cc1S(=O)(=O)Nc1cc(C)c(N(C)C)cc1C#N. The number of benzene rings is 2. The Morgan fingerprint density at radius 2 is 1.89 bits per heavy atom. The Balaban J connectivity index is 2.54. The molecule has 1 amide bonds. The fourth-order valence-corrected chi connectivity index (χ4v) is 3.99. The second-order valence-electron chi connectivity index (χ2n) is 6.34. The van der Waals surface area contributed by atoms with Crippen LogP contribution in [0.2, 0.25) is 0 Å². The summed E-state index contributed by atoms with van der Waals surface area (Å²) in [6.07, 6.45) is 0. The van der Waals surface area contributed by atoms with Crippen molar-refractivity contribution in [1.82, 2.24) is 0 Å². The number of hydrogen-bond acceptors (Lipinski definition) is 6. The number of carbonyl (C=O) groups is 1. The summed E-state index contributed by atoms with van der Waals surface area (Å²) in [5, 5.41) is 12.0. The van der Waals surface area contributed by atoms with Gasteiger partial charge in [0.05, 0.1) is 18.4 Å². The Hall–Kier alpha value is -3.25. The van der Waals surface area contributed by atoms with Crippen molar-refractivity contribution >= 4 is 33.0 Å². The number of anilines is 3. The Morgan fingerprint density at radius 1 is 1.21 bits per heavy atom. The number of ether oxygens (including phenoxy) is 1. The number of amides is 1. The molecule has 0 atom stereocenters. The van der Waals surface area contributed by atoms with E-state index in [1.807, 2.05) is 32.0 Å². The summed E-state index contributed by atoms with van der Waals surface area (Å²) in [4.78, 5) is 13.0. The second kappa shape index (κ2) is 8.19. The van der Waals surface area contributed by atoms with E-state index < -0.39 is 10.0 Å². The summed E-state index contributed by atoms with van der Waals surface area (Å²) < 4.78 is 33.6. The van der Waals surface area contributed by atoms with Gasteiger partial charge in [-0.1, -0.05) is 0 Å². The van der Waals surface area contributed by atoms with Gasteiger partial charge in [-0.15, -0.1) is 0 Å². The monoisotopic (exact) mass is 402 g/mol. The molecule has 0 heterocycles. The summed E-state index contributed by atoms with van der Waals surface area (Å²) in [6.45, 7) is 3.15. The zero-order chi connectivity index (χ0) is 21.1. The Labute approximate surface area is 164 Å². The first kappa shape index (κ1) is 21.1. The van der Waals surface area contributed by atoms with Gasteiger partial charge >= 0.3 is 0 Å². The molecule has 0 aromatic heterocycles. The van der Waals surface area contributed by atoms with Crippen LogP contribution in [-0.2, 0) is 14.8 Å². The lowest BCUT2D eigenvalue weighted by molar-refractivity contribution is -0.114. The molecule has 2 aromatic carbocycles. The number of methoxy groups -OCH3 is 1. The second-order valence-corrected chi connectivity index (χ2v) is 7.99. The average Bonchev–Trinajstić information content (AvgIpc) is 2.60. The van der Waals surface area contributed by atoms with Crippen molar-refractivity contribution in [2.45, 2.75) is 18.7 Å². The van der Waals surface area contributed by atoms with Gasteiger partial charge < -0.3 is 15.0 Å². The maximum Gasteiger partial charge on any atom is 0.265 e. The standard InChI is InChI=1S/C19H22N4O4S/c1-12-8-16(14(11-20)9-17(12)23(3)4)22-28(25,26)19-10-15(21-13(2)24)6-7-18(19)27-5/h6-10,22H,1-5H3,(H,21,24). The van der Waals surface area contributed by atoms with Crippen LogP contribution in [0.25, 0.3) is 0 Å². The third-order valence-corrected chi connectivity index (χ3v) is 5.34. The van der Waals surface area contributed by atoms with E-state index in [-0.39, 0.29) is 27.8 Å². The molecule has 9 heteroatoms. The molecule has 8 nitrogen and oxygen atoms in total. The highest BCUT2D eigenvalue weighted by molar-refractivity contribution is 7.92. The van der Waals surface area contributed by atoms with Crippen molar-refractivity contribution in [1.29, 1.82) is 5.26 Å². The Morgan fingerprint density at radius 3 is 2.43 bits per heavy atom. The molecule has 0 fully saturated rings. The largest absolute Gasteiger partial charge is 0.495 e. The number of nitrogens with zero attached hydrogens (tertiary/aromatic N) is 2. The van der Waals surface area contributed by atoms with Gasteiger partial charge in [-0.3, -0.25) is 9.52 Å². The smallest absolute Gasteiger partial charge is 0.265 e. The van der Waals surface area contributed by atoms with Crippen LogP contribution in [0.3, 0.4) is 0 Å². The molecule has 28 heavy (non-hydrogen) atoms. The van der Waals surface area contributed by atoms with E-state index in [4.69, 9.17) is 4.74 Å². The molecule has 0 saturated heterocycles. The predicted octanol–water partition coefficient (Wildman–Crippen LogP) is 2.70. The van der Waals surface area contributed by atoms with Crippen LogP contribution in [0.4, 0.5) is 17.1 Å². The molecule has 0 radical (unpaired) electrons. The number of rotatable bonds is 6. The Bertz CT molecular complexity index is 1060. The molecule has 148 valence electrons. The first-order valence-electron chi connectivity index (χ1n) is 8.29. The van der Waals surface area contributed by atoms with Gasteiger partial charge in [0, 0.05) is 32.4 Å². The van der Waals surface area contributed by atoms with Crippen LogP contribution in [0.5, 0.6) is 5.75 Å². The van der Waals surface area contributed by atoms with Crippen molar-refractivity contribution in [2.24, 2.45) is 0 Å². The molecule has 0 aliphatic carbocycles. The molecule has 0 saturated carbocycles. The van der Waals surface area contributed by atoms with E-state index >= 15 is 0 Å². The van der Waals surface area contributed by atoms with Crippen LogP contribution >= 0.6 is 0 Å². The molecule has 0 unspecified atom stereocenters. The number of hydrogen-bond donors (Lipinski definition) is 2. The lowest BCUT2D eigenvalue weighted by atomic mass is 10.1. The van der Waals surface area contributed by atoms with Crippen LogP contribution in [0.1, 0.15) is 18.1 Å². The predicted molar refractivity (Wildman–Crippen MR) is 108 cm³/mol. The van der Waals surface area contributed by atoms with Gasteiger partial charge in [-0.25, -0.2) is 8.42 Å². The number of nitriles is 1. The third-order valence-electron chi connectivity index (χ3n) is 3.96. The maximum atomic E-state index is 13.0. The highest BCUT2D eigenvalue weighted by atomic mass is 32.2. The number of nitrogens with one attached hydrogen (secondary N) is 2. The van der Waals surface area contributed by atoms with Crippen LogP contribution in [0, 0.1) is 18.3 Å². The number of sulfonamides is 1. The molecule has 2 N–H and O–H groups in total. The summed E-state index contributed by atoms with van der Waals surface area (Å²) in [5.41, 5.74) is 2.28.